The van der Waals surface area contributed by atoms with Crippen LogP contribution in [0.25, 0.3) is 10.2 Å². The molecule has 0 saturated heterocycles. The molecule has 0 aliphatic heterocycles. The van der Waals surface area contributed by atoms with Crippen LogP contribution in [-0.4, -0.2) is 26.8 Å². The van der Waals surface area contributed by atoms with Gasteiger partial charge < -0.3 is 14.8 Å². The summed E-state index contributed by atoms with van der Waals surface area (Å²) < 4.78 is 4.91. The first-order chi connectivity index (χ1) is 12.5. The third kappa shape index (κ3) is 3.41. The second-order valence-corrected chi connectivity index (χ2v) is 8.61. The van der Waals surface area contributed by atoms with Gasteiger partial charge in [-0.3, -0.25) is 9.59 Å². The summed E-state index contributed by atoms with van der Waals surface area (Å²) in [6.07, 6.45) is 3.06. The van der Waals surface area contributed by atoms with E-state index >= 15 is 0 Å². The van der Waals surface area contributed by atoms with Crippen LogP contribution in [0.3, 0.4) is 0 Å². The minimum Gasteiger partial charge on any atom is -0.360 e. The molecule has 3 aromatic heterocycles. The standard InChI is InChI=1S/C17H18N4O3S2/c1-8-3-4-10-11(5-8)26-16-14(10)15(23)19-17(20-16)25-7-13(22)18-12-6-9(2)24-21-12/h6,8H,3-5,7H2,1-2H3,(H,18,21,22)(H,19,20,23)/t8-/m0/s1. The normalized spacial score (nSPS) is 16.6. The fraction of sp³-hybridized carbons (Fsp3) is 0.412. The summed E-state index contributed by atoms with van der Waals surface area (Å²) >= 11 is 2.80. The number of H-pyrrole nitrogens is 1. The van der Waals surface area contributed by atoms with E-state index in [9.17, 15) is 9.59 Å². The lowest BCUT2D eigenvalue weighted by Gasteiger charge is -2.17. The molecular weight excluding hydrogens is 372 g/mol. The molecule has 1 atom stereocenters. The highest BCUT2D eigenvalue weighted by atomic mass is 32.2. The summed E-state index contributed by atoms with van der Waals surface area (Å²) in [6, 6.07) is 1.64. The van der Waals surface area contributed by atoms with Crippen LogP contribution in [0.15, 0.2) is 20.5 Å². The first-order valence-electron chi connectivity index (χ1n) is 8.40. The van der Waals surface area contributed by atoms with Crippen LogP contribution >= 0.6 is 23.1 Å². The number of aryl methyl sites for hydroxylation is 2. The summed E-state index contributed by atoms with van der Waals surface area (Å²) in [6.45, 7) is 3.99. The Labute approximate surface area is 157 Å². The van der Waals surface area contributed by atoms with Crippen molar-refractivity contribution in [2.75, 3.05) is 11.1 Å². The van der Waals surface area contributed by atoms with Crippen molar-refractivity contribution >= 4 is 45.0 Å². The molecule has 0 saturated carbocycles. The van der Waals surface area contributed by atoms with Gasteiger partial charge in [0.25, 0.3) is 5.56 Å². The topological polar surface area (TPSA) is 101 Å². The van der Waals surface area contributed by atoms with Crippen molar-refractivity contribution in [2.24, 2.45) is 5.92 Å². The number of thiophene rings is 1. The molecular formula is C17H18N4O3S2. The Balaban J connectivity index is 1.50. The van der Waals surface area contributed by atoms with Crippen molar-refractivity contribution < 1.29 is 9.32 Å². The molecule has 2 N–H and O–H groups in total. The molecule has 0 unspecified atom stereocenters. The van der Waals surface area contributed by atoms with Crippen molar-refractivity contribution in [3.05, 3.63) is 32.6 Å². The van der Waals surface area contributed by atoms with Crippen LogP contribution in [0.4, 0.5) is 5.82 Å². The molecule has 9 heteroatoms. The number of amides is 1. The lowest BCUT2D eigenvalue weighted by Crippen LogP contribution is -2.16. The molecule has 26 heavy (non-hydrogen) atoms. The molecule has 0 aromatic carbocycles. The molecule has 0 radical (unpaired) electrons. The Morgan fingerprint density at radius 1 is 1.54 bits per heavy atom. The number of carbonyl (C=O) groups is 1. The molecule has 0 spiro atoms. The zero-order chi connectivity index (χ0) is 18.3. The van der Waals surface area contributed by atoms with Gasteiger partial charge in [-0.1, -0.05) is 23.8 Å². The zero-order valence-electron chi connectivity index (χ0n) is 14.4. The molecule has 1 amide bonds. The van der Waals surface area contributed by atoms with E-state index < -0.39 is 0 Å². The summed E-state index contributed by atoms with van der Waals surface area (Å²) in [5.41, 5.74) is 1.05. The van der Waals surface area contributed by atoms with E-state index in [0.717, 1.165) is 35.0 Å². The Bertz CT molecular complexity index is 1040. The maximum absolute atomic E-state index is 12.5. The van der Waals surface area contributed by atoms with Crippen molar-refractivity contribution in [3.8, 4) is 0 Å². The van der Waals surface area contributed by atoms with Gasteiger partial charge in [0.15, 0.2) is 11.0 Å². The highest BCUT2D eigenvalue weighted by Crippen LogP contribution is 2.36. The lowest BCUT2D eigenvalue weighted by atomic mass is 9.89. The summed E-state index contributed by atoms with van der Waals surface area (Å²) in [5, 5.41) is 7.55. The monoisotopic (exact) mass is 390 g/mol. The van der Waals surface area contributed by atoms with Gasteiger partial charge in [0, 0.05) is 10.9 Å². The minimum absolute atomic E-state index is 0.114. The minimum atomic E-state index is -0.231. The van der Waals surface area contributed by atoms with E-state index in [1.54, 1.807) is 24.3 Å². The van der Waals surface area contributed by atoms with Crippen LogP contribution in [0.1, 0.15) is 29.5 Å². The Hall–Kier alpha value is -2.13. The fourth-order valence-corrected chi connectivity index (χ4v) is 5.24. The number of nitrogens with one attached hydrogen (secondary N) is 2. The van der Waals surface area contributed by atoms with E-state index in [1.165, 1.54) is 16.6 Å². The average molecular weight is 390 g/mol. The number of aromatic nitrogens is 3. The van der Waals surface area contributed by atoms with E-state index in [2.05, 4.69) is 27.4 Å². The smallest absolute Gasteiger partial charge is 0.260 e. The third-order valence-corrected chi connectivity index (χ3v) is 6.40. The molecule has 0 fully saturated rings. The zero-order valence-corrected chi connectivity index (χ0v) is 16.1. The highest BCUT2D eigenvalue weighted by Gasteiger charge is 2.23. The number of aromatic amines is 1. The van der Waals surface area contributed by atoms with Gasteiger partial charge in [0.2, 0.25) is 5.91 Å². The van der Waals surface area contributed by atoms with Gasteiger partial charge in [-0.05, 0) is 37.7 Å². The van der Waals surface area contributed by atoms with E-state index in [-0.39, 0.29) is 17.2 Å². The molecule has 1 aliphatic carbocycles. The number of fused-ring (bicyclic) bond motifs is 3. The first kappa shape index (κ1) is 17.3. The number of rotatable bonds is 4. The predicted octanol–water partition coefficient (Wildman–Crippen LogP) is 3.14. The maximum atomic E-state index is 12.5. The highest BCUT2D eigenvalue weighted by molar-refractivity contribution is 7.99. The number of nitrogens with zero attached hydrogens (tertiary/aromatic N) is 2. The van der Waals surface area contributed by atoms with Crippen molar-refractivity contribution in [1.29, 1.82) is 0 Å². The molecule has 136 valence electrons. The van der Waals surface area contributed by atoms with Crippen LogP contribution < -0.4 is 10.9 Å². The van der Waals surface area contributed by atoms with E-state index in [4.69, 9.17) is 4.52 Å². The predicted molar refractivity (Wildman–Crippen MR) is 102 cm³/mol. The summed E-state index contributed by atoms with van der Waals surface area (Å²) in [4.78, 5) is 33.9. The first-order valence-corrected chi connectivity index (χ1v) is 10.2. The SMILES string of the molecule is Cc1cc(NC(=O)CSc2nc3sc4c(c3c(=O)[nH]2)CC[C@H](C)C4)no1. The molecule has 1 aliphatic rings. The summed E-state index contributed by atoms with van der Waals surface area (Å²) in [5.74, 6) is 1.55. The van der Waals surface area contributed by atoms with Crippen LogP contribution in [-0.2, 0) is 17.6 Å². The average Bonchev–Trinajstić information content (AvgIpc) is 3.15. The number of hydrogen-bond acceptors (Lipinski definition) is 7. The quantitative estimate of drug-likeness (QED) is 0.524. The van der Waals surface area contributed by atoms with Gasteiger partial charge >= 0.3 is 0 Å². The number of carbonyl (C=O) groups excluding carboxylic acids is 1. The third-order valence-electron chi connectivity index (χ3n) is 4.38. The van der Waals surface area contributed by atoms with E-state index in [0.29, 0.717) is 22.7 Å². The summed E-state index contributed by atoms with van der Waals surface area (Å²) in [7, 11) is 0. The molecule has 3 aromatic rings. The van der Waals surface area contributed by atoms with Crippen molar-refractivity contribution in [1.82, 2.24) is 15.1 Å². The maximum Gasteiger partial charge on any atom is 0.260 e. The van der Waals surface area contributed by atoms with Crippen LogP contribution in [0, 0.1) is 12.8 Å². The number of thioether (sulfide) groups is 1. The molecule has 0 bridgehead atoms. The van der Waals surface area contributed by atoms with Gasteiger partial charge in [-0.15, -0.1) is 11.3 Å². The lowest BCUT2D eigenvalue weighted by molar-refractivity contribution is -0.113. The van der Waals surface area contributed by atoms with Gasteiger partial charge in [0.1, 0.15) is 10.6 Å². The van der Waals surface area contributed by atoms with E-state index in [1.807, 2.05) is 0 Å². The van der Waals surface area contributed by atoms with Gasteiger partial charge in [-0.2, -0.15) is 0 Å². The van der Waals surface area contributed by atoms with Gasteiger partial charge in [0.05, 0.1) is 11.1 Å². The van der Waals surface area contributed by atoms with Crippen molar-refractivity contribution in [3.63, 3.8) is 0 Å². The molecule has 4 rings (SSSR count). The molecule has 3 heterocycles. The van der Waals surface area contributed by atoms with Crippen LogP contribution in [0.5, 0.6) is 0 Å². The number of anilines is 1. The Morgan fingerprint density at radius 2 is 2.38 bits per heavy atom. The fourth-order valence-electron chi connectivity index (χ4n) is 3.14. The largest absolute Gasteiger partial charge is 0.360 e. The second-order valence-electron chi connectivity index (χ2n) is 6.56. The van der Waals surface area contributed by atoms with Gasteiger partial charge in [-0.25, -0.2) is 4.98 Å². The molecule has 7 nitrogen and oxygen atoms in total. The van der Waals surface area contributed by atoms with Crippen molar-refractivity contribution in [2.45, 2.75) is 38.3 Å². The van der Waals surface area contributed by atoms with Crippen LogP contribution in [0.2, 0.25) is 0 Å². The Morgan fingerprint density at radius 3 is 3.15 bits per heavy atom. The Kier molecular flexibility index (Phi) is 4.58. The number of hydrogen-bond donors (Lipinski definition) is 2. The second kappa shape index (κ2) is 6.88.